The van der Waals surface area contributed by atoms with Crippen LogP contribution in [0.1, 0.15) is 5.56 Å². The summed E-state index contributed by atoms with van der Waals surface area (Å²) in [5, 5.41) is 22.2. The number of hydrogen-bond acceptors (Lipinski definition) is 5. The van der Waals surface area contributed by atoms with Crippen LogP contribution in [0.4, 0.5) is 5.69 Å². The molecular formula is C15H10BrN5O2S. The first-order valence-corrected chi connectivity index (χ1v) is 7.98. The third-order valence-corrected chi connectivity index (χ3v) is 4.17. The second-order valence-corrected chi connectivity index (χ2v) is 5.95. The number of H-pyrrole nitrogens is 1. The van der Waals surface area contributed by atoms with Gasteiger partial charge in [0, 0.05) is 16.1 Å². The van der Waals surface area contributed by atoms with Gasteiger partial charge in [-0.3, -0.25) is 10.1 Å². The topological polar surface area (TPSA) is 89.1 Å². The molecule has 0 fully saturated rings. The van der Waals surface area contributed by atoms with Crippen molar-refractivity contribution in [2.24, 2.45) is 5.10 Å². The van der Waals surface area contributed by atoms with E-state index in [4.69, 9.17) is 12.2 Å². The number of nitrogens with zero attached hydrogens (tertiary/aromatic N) is 4. The number of halogens is 1. The average molecular weight is 404 g/mol. The molecule has 0 radical (unpaired) electrons. The first-order valence-electron chi connectivity index (χ1n) is 6.78. The van der Waals surface area contributed by atoms with E-state index in [2.05, 4.69) is 31.2 Å². The summed E-state index contributed by atoms with van der Waals surface area (Å²) in [4.78, 5) is 10.6. The summed E-state index contributed by atoms with van der Waals surface area (Å²) in [6, 6.07) is 13.8. The van der Waals surface area contributed by atoms with Crippen LogP contribution in [0.5, 0.6) is 0 Å². The maximum absolute atomic E-state index is 11.1. The lowest BCUT2D eigenvalue weighted by atomic mass is 10.2. The fourth-order valence-corrected chi connectivity index (χ4v) is 2.74. The summed E-state index contributed by atoms with van der Waals surface area (Å²) in [7, 11) is 0. The second kappa shape index (κ2) is 6.85. The van der Waals surface area contributed by atoms with Gasteiger partial charge < -0.3 is 0 Å². The van der Waals surface area contributed by atoms with E-state index < -0.39 is 4.92 Å². The molecule has 0 amide bonds. The molecule has 0 spiro atoms. The van der Waals surface area contributed by atoms with Gasteiger partial charge in [-0.25, -0.2) is 5.10 Å². The monoisotopic (exact) mass is 403 g/mol. The number of nitro groups is 1. The molecular weight excluding hydrogens is 394 g/mol. The van der Waals surface area contributed by atoms with E-state index in [9.17, 15) is 10.1 Å². The van der Waals surface area contributed by atoms with E-state index in [-0.39, 0.29) is 10.5 Å². The van der Waals surface area contributed by atoms with Crippen molar-refractivity contribution in [1.29, 1.82) is 0 Å². The molecule has 7 nitrogen and oxygen atoms in total. The van der Waals surface area contributed by atoms with Crippen molar-refractivity contribution in [2.45, 2.75) is 0 Å². The average Bonchev–Trinajstić information content (AvgIpc) is 2.94. The van der Waals surface area contributed by atoms with Crippen molar-refractivity contribution >= 4 is 40.0 Å². The Balaban J connectivity index is 2.07. The van der Waals surface area contributed by atoms with Crippen LogP contribution in [0.2, 0.25) is 0 Å². The fourth-order valence-electron chi connectivity index (χ4n) is 2.10. The van der Waals surface area contributed by atoms with Gasteiger partial charge in [-0.1, -0.05) is 40.2 Å². The Hall–Kier alpha value is -2.65. The summed E-state index contributed by atoms with van der Waals surface area (Å²) in [6.07, 6.45) is 1.39. The minimum absolute atomic E-state index is 0.0290. The lowest BCUT2D eigenvalue weighted by Gasteiger charge is -2.03. The van der Waals surface area contributed by atoms with E-state index >= 15 is 0 Å². The van der Waals surface area contributed by atoms with Gasteiger partial charge in [-0.05, 0) is 30.4 Å². The molecule has 24 heavy (non-hydrogen) atoms. The highest BCUT2D eigenvalue weighted by molar-refractivity contribution is 9.10. The SMILES string of the molecule is O=[N+]([O-])c1ccccc1/C=N/n1c(-c2ccccc2Br)n[nH]c1=S. The summed E-state index contributed by atoms with van der Waals surface area (Å²) >= 11 is 8.66. The van der Waals surface area contributed by atoms with E-state index in [0.717, 1.165) is 10.0 Å². The van der Waals surface area contributed by atoms with Crippen molar-refractivity contribution in [3.05, 3.63) is 73.5 Å². The summed E-state index contributed by atoms with van der Waals surface area (Å²) in [5.74, 6) is 0.502. The third-order valence-electron chi connectivity index (χ3n) is 3.21. The number of aromatic nitrogens is 3. The maximum atomic E-state index is 11.1. The van der Waals surface area contributed by atoms with E-state index in [1.54, 1.807) is 18.2 Å². The van der Waals surface area contributed by atoms with Crippen LogP contribution in [0, 0.1) is 14.9 Å². The second-order valence-electron chi connectivity index (χ2n) is 4.70. The highest BCUT2D eigenvalue weighted by Crippen LogP contribution is 2.26. The molecule has 3 aromatic rings. The molecule has 1 aromatic heterocycles. The Morgan fingerprint density at radius 2 is 1.96 bits per heavy atom. The number of nitrogens with one attached hydrogen (secondary N) is 1. The van der Waals surface area contributed by atoms with Gasteiger partial charge in [0.05, 0.1) is 16.7 Å². The van der Waals surface area contributed by atoms with Crippen LogP contribution >= 0.6 is 28.1 Å². The number of para-hydroxylation sites is 1. The summed E-state index contributed by atoms with van der Waals surface area (Å²) < 4.78 is 2.54. The van der Waals surface area contributed by atoms with Crippen molar-refractivity contribution < 1.29 is 4.92 Å². The van der Waals surface area contributed by atoms with Crippen molar-refractivity contribution in [2.75, 3.05) is 0 Å². The molecule has 120 valence electrons. The van der Waals surface area contributed by atoms with Gasteiger partial charge in [0.2, 0.25) is 4.77 Å². The Bertz CT molecular complexity index is 995. The molecule has 0 saturated carbocycles. The van der Waals surface area contributed by atoms with E-state index in [0.29, 0.717) is 11.4 Å². The molecule has 0 aliphatic carbocycles. The van der Waals surface area contributed by atoms with Crippen molar-refractivity contribution in [3.8, 4) is 11.4 Å². The molecule has 9 heteroatoms. The van der Waals surface area contributed by atoms with Gasteiger partial charge in [0.1, 0.15) is 0 Å². The molecule has 0 unspecified atom stereocenters. The highest BCUT2D eigenvalue weighted by Gasteiger charge is 2.13. The lowest BCUT2D eigenvalue weighted by molar-refractivity contribution is -0.385. The standard InChI is InChI=1S/C15H10BrN5O2S/c16-12-7-3-2-6-11(12)14-18-19-15(24)20(14)17-9-10-5-1-4-8-13(10)21(22)23/h1-9H,(H,19,24)/b17-9+. The molecule has 1 N–H and O–H groups in total. The number of rotatable bonds is 4. The minimum Gasteiger partial charge on any atom is -0.258 e. The Morgan fingerprint density at radius 1 is 1.25 bits per heavy atom. The smallest absolute Gasteiger partial charge is 0.258 e. The third kappa shape index (κ3) is 3.17. The van der Waals surface area contributed by atoms with E-state index in [1.807, 2.05) is 24.3 Å². The quantitative estimate of drug-likeness (QED) is 0.306. The summed E-state index contributed by atoms with van der Waals surface area (Å²) in [6.45, 7) is 0. The first-order chi connectivity index (χ1) is 11.6. The van der Waals surface area contributed by atoms with Crippen LogP contribution < -0.4 is 0 Å². The van der Waals surface area contributed by atoms with Crippen LogP contribution in [0.25, 0.3) is 11.4 Å². The summed E-state index contributed by atoms with van der Waals surface area (Å²) in [5.41, 5.74) is 1.15. The number of nitro benzene ring substituents is 1. The van der Waals surface area contributed by atoms with Crippen LogP contribution in [-0.4, -0.2) is 26.0 Å². The largest absolute Gasteiger partial charge is 0.278 e. The fraction of sp³-hybridized carbons (Fsp3) is 0. The van der Waals surface area contributed by atoms with Gasteiger partial charge in [-0.2, -0.15) is 14.9 Å². The Kier molecular flexibility index (Phi) is 4.63. The predicted molar refractivity (Wildman–Crippen MR) is 96.6 cm³/mol. The molecule has 0 atom stereocenters. The number of aromatic amines is 1. The zero-order valence-electron chi connectivity index (χ0n) is 12.1. The molecule has 0 saturated heterocycles. The highest BCUT2D eigenvalue weighted by atomic mass is 79.9. The number of hydrogen-bond donors (Lipinski definition) is 1. The normalized spacial score (nSPS) is 11.0. The molecule has 0 aliphatic rings. The first kappa shape index (κ1) is 16.2. The van der Waals surface area contributed by atoms with Gasteiger partial charge in [-0.15, -0.1) is 0 Å². The molecule has 0 bridgehead atoms. The van der Waals surface area contributed by atoms with Gasteiger partial charge in [0.15, 0.2) is 5.82 Å². The van der Waals surface area contributed by atoms with Crippen molar-refractivity contribution in [3.63, 3.8) is 0 Å². The predicted octanol–water partition coefficient (Wildman–Crippen LogP) is 4.16. The molecule has 2 aromatic carbocycles. The Labute approximate surface area is 149 Å². The molecule has 0 aliphatic heterocycles. The van der Waals surface area contributed by atoms with Crippen LogP contribution in [0.3, 0.4) is 0 Å². The molecule has 1 heterocycles. The molecule has 3 rings (SSSR count). The van der Waals surface area contributed by atoms with E-state index in [1.165, 1.54) is 17.0 Å². The van der Waals surface area contributed by atoms with Gasteiger partial charge in [0.25, 0.3) is 5.69 Å². The zero-order valence-corrected chi connectivity index (χ0v) is 14.5. The van der Waals surface area contributed by atoms with Crippen LogP contribution in [-0.2, 0) is 0 Å². The Morgan fingerprint density at radius 3 is 2.71 bits per heavy atom. The van der Waals surface area contributed by atoms with Crippen molar-refractivity contribution in [1.82, 2.24) is 14.9 Å². The van der Waals surface area contributed by atoms with Gasteiger partial charge >= 0.3 is 0 Å². The lowest BCUT2D eigenvalue weighted by Crippen LogP contribution is -1.98. The van der Waals surface area contributed by atoms with Crippen LogP contribution in [0.15, 0.2) is 58.1 Å². The number of benzene rings is 2. The maximum Gasteiger partial charge on any atom is 0.278 e. The zero-order chi connectivity index (χ0) is 17.1. The minimum atomic E-state index is -0.454.